The Kier molecular flexibility index (Phi) is 6.26. The summed E-state index contributed by atoms with van der Waals surface area (Å²) < 4.78 is 11.5. The van der Waals surface area contributed by atoms with Gasteiger partial charge in [-0.3, -0.25) is 4.79 Å². The molecule has 0 aliphatic heterocycles. The lowest BCUT2D eigenvalue weighted by Gasteiger charge is -2.11. The van der Waals surface area contributed by atoms with Gasteiger partial charge in [0, 0.05) is 17.6 Å². The van der Waals surface area contributed by atoms with Gasteiger partial charge >= 0.3 is 11.9 Å². The van der Waals surface area contributed by atoms with E-state index in [-0.39, 0.29) is 0 Å². The van der Waals surface area contributed by atoms with E-state index in [0.717, 1.165) is 16.9 Å². The molecule has 8 nitrogen and oxygen atoms in total. The first-order valence-corrected chi connectivity index (χ1v) is 9.16. The zero-order valence-corrected chi connectivity index (χ0v) is 16.8. The zero-order valence-electron chi connectivity index (χ0n) is 16.8. The quantitative estimate of drug-likeness (QED) is 0.631. The molecule has 0 saturated carbocycles. The van der Waals surface area contributed by atoms with Crippen LogP contribution in [0.2, 0.25) is 0 Å². The van der Waals surface area contributed by atoms with Crippen LogP contribution in [0.1, 0.15) is 32.0 Å². The van der Waals surface area contributed by atoms with Crippen molar-refractivity contribution in [3.63, 3.8) is 0 Å². The van der Waals surface area contributed by atoms with Crippen LogP contribution in [0, 0.1) is 13.8 Å². The van der Waals surface area contributed by atoms with Crippen molar-refractivity contribution in [2.45, 2.75) is 13.8 Å². The number of hydrogen-bond donors (Lipinski definition) is 1. The van der Waals surface area contributed by atoms with Crippen LogP contribution in [0.25, 0.3) is 5.69 Å². The predicted molar refractivity (Wildman–Crippen MR) is 110 cm³/mol. The summed E-state index contributed by atoms with van der Waals surface area (Å²) in [5.41, 5.74) is 3.61. The molecular formula is C22H21N3O5. The van der Waals surface area contributed by atoms with Gasteiger partial charge < -0.3 is 14.8 Å². The molecule has 1 N–H and O–H groups in total. The first kappa shape index (κ1) is 20.8. The number of methoxy groups -OCH3 is 1. The Balaban J connectivity index is 1.59. The van der Waals surface area contributed by atoms with Gasteiger partial charge in [-0.25, -0.2) is 14.3 Å². The number of amides is 1. The van der Waals surface area contributed by atoms with Crippen molar-refractivity contribution in [2.75, 3.05) is 19.0 Å². The van der Waals surface area contributed by atoms with Gasteiger partial charge in [0.1, 0.15) is 0 Å². The number of benzene rings is 2. The minimum atomic E-state index is -0.617. The average Bonchev–Trinajstić information content (AvgIpc) is 3.19. The largest absolute Gasteiger partial charge is 0.465 e. The van der Waals surface area contributed by atoms with E-state index in [1.807, 2.05) is 13.0 Å². The SMILES string of the molecule is COC(=O)c1ccc(C)c(NC(=O)COC(=O)c2ccc(-n3nccc3C)cc2)c1. The molecule has 3 rings (SSSR count). The highest BCUT2D eigenvalue weighted by atomic mass is 16.5. The number of ether oxygens (including phenoxy) is 2. The lowest BCUT2D eigenvalue weighted by Crippen LogP contribution is -2.21. The van der Waals surface area contributed by atoms with Crippen LogP contribution in [0.15, 0.2) is 54.7 Å². The van der Waals surface area contributed by atoms with Crippen LogP contribution < -0.4 is 5.32 Å². The Morgan fingerprint density at radius 3 is 2.30 bits per heavy atom. The van der Waals surface area contributed by atoms with E-state index in [0.29, 0.717) is 16.8 Å². The second-order valence-corrected chi connectivity index (χ2v) is 6.58. The number of nitrogens with zero attached hydrogens (tertiary/aromatic N) is 2. The molecule has 3 aromatic rings. The summed E-state index contributed by atoms with van der Waals surface area (Å²) in [5, 5.41) is 6.84. The van der Waals surface area contributed by atoms with E-state index in [1.165, 1.54) is 13.2 Å². The molecule has 0 radical (unpaired) electrons. The molecule has 0 saturated heterocycles. The zero-order chi connectivity index (χ0) is 21.7. The number of anilines is 1. The van der Waals surface area contributed by atoms with Crippen LogP contribution in [-0.2, 0) is 14.3 Å². The first-order chi connectivity index (χ1) is 14.4. The first-order valence-electron chi connectivity index (χ1n) is 9.16. The molecule has 1 heterocycles. The number of carbonyl (C=O) groups excluding carboxylic acids is 3. The van der Waals surface area contributed by atoms with Gasteiger partial charge in [0.2, 0.25) is 0 Å². The maximum absolute atomic E-state index is 12.2. The third-order valence-electron chi connectivity index (χ3n) is 4.45. The molecule has 8 heteroatoms. The third kappa shape index (κ3) is 4.72. The van der Waals surface area contributed by atoms with Crippen molar-refractivity contribution in [3.05, 3.63) is 77.1 Å². The van der Waals surface area contributed by atoms with E-state index < -0.39 is 24.5 Å². The molecule has 0 aliphatic carbocycles. The summed E-state index contributed by atoms with van der Waals surface area (Å²) >= 11 is 0. The minimum absolute atomic E-state index is 0.308. The van der Waals surface area contributed by atoms with Gasteiger partial charge in [-0.2, -0.15) is 5.10 Å². The molecule has 0 bridgehead atoms. The standard InChI is InChI=1S/C22H21N3O5/c1-14-4-5-17(21(27)29-3)12-19(14)24-20(26)13-30-22(28)16-6-8-18(9-7-16)25-15(2)10-11-23-25/h4-12H,13H2,1-3H3,(H,24,26). The number of hydrogen-bond acceptors (Lipinski definition) is 6. The Morgan fingerprint density at radius 2 is 1.67 bits per heavy atom. The molecule has 0 atom stereocenters. The van der Waals surface area contributed by atoms with Crippen molar-refractivity contribution < 1.29 is 23.9 Å². The second kappa shape index (κ2) is 9.04. The molecule has 0 spiro atoms. The number of aromatic nitrogens is 2. The van der Waals surface area contributed by atoms with Gasteiger partial charge in [-0.1, -0.05) is 6.07 Å². The predicted octanol–water partition coefficient (Wildman–Crippen LogP) is 3.07. The third-order valence-corrected chi connectivity index (χ3v) is 4.45. The fourth-order valence-electron chi connectivity index (χ4n) is 2.78. The summed E-state index contributed by atoms with van der Waals surface area (Å²) in [6, 6.07) is 13.4. The van der Waals surface area contributed by atoms with Crippen molar-refractivity contribution in [2.24, 2.45) is 0 Å². The van der Waals surface area contributed by atoms with Crippen molar-refractivity contribution >= 4 is 23.5 Å². The van der Waals surface area contributed by atoms with E-state index in [2.05, 4.69) is 15.2 Å². The Labute approximate surface area is 173 Å². The van der Waals surface area contributed by atoms with Crippen LogP contribution in [-0.4, -0.2) is 41.3 Å². The van der Waals surface area contributed by atoms with Crippen molar-refractivity contribution in [1.82, 2.24) is 9.78 Å². The van der Waals surface area contributed by atoms with Crippen LogP contribution in [0.4, 0.5) is 5.69 Å². The molecule has 1 amide bonds. The monoisotopic (exact) mass is 407 g/mol. The smallest absolute Gasteiger partial charge is 0.338 e. The highest BCUT2D eigenvalue weighted by molar-refractivity contribution is 5.97. The maximum Gasteiger partial charge on any atom is 0.338 e. The second-order valence-electron chi connectivity index (χ2n) is 6.58. The molecule has 0 fully saturated rings. The lowest BCUT2D eigenvalue weighted by atomic mass is 10.1. The Hall–Kier alpha value is -3.94. The highest BCUT2D eigenvalue weighted by Crippen LogP contribution is 2.18. The number of rotatable bonds is 6. The number of carbonyl (C=O) groups is 3. The molecule has 0 unspecified atom stereocenters. The number of nitrogens with one attached hydrogen (secondary N) is 1. The molecule has 2 aromatic carbocycles. The van der Waals surface area contributed by atoms with E-state index >= 15 is 0 Å². The Bertz CT molecular complexity index is 1090. The van der Waals surface area contributed by atoms with Gasteiger partial charge in [0.15, 0.2) is 6.61 Å². The fraction of sp³-hybridized carbons (Fsp3) is 0.182. The molecule has 30 heavy (non-hydrogen) atoms. The van der Waals surface area contributed by atoms with Gasteiger partial charge in [0.05, 0.1) is 23.9 Å². The summed E-state index contributed by atoms with van der Waals surface area (Å²) in [5.74, 6) is -1.64. The number of esters is 2. The minimum Gasteiger partial charge on any atom is -0.465 e. The molecule has 0 aliphatic rings. The fourth-order valence-corrected chi connectivity index (χ4v) is 2.78. The van der Waals surface area contributed by atoms with Gasteiger partial charge in [-0.05, 0) is 61.9 Å². The molecule has 154 valence electrons. The van der Waals surface area contributed by atoms with Crippen molar-refractivity contribution in [1.29, 1.82) is 0 Å². The summed E-state index contributed by atoms with van der Waals surface area (Å²) in [7, 11) is 1.28. The van der Waals surface area contributed by atoms with E-state index in [1.54, 1.807) is 54.2 Å². The van der Waals surface area contributed by atoms with Gasteiger partial charge in [0.25, 0.3) is 5.91 Å². The molecule has 1 aromatic heterocycles. The lowest BCUT2D eigenvalue weighted by molar-refractivity contribution is -0.119. The van der Waals surface area contributed by atoms with Crippen molar-refractivity contribution in [3.8, 4) is 5.69 Å². The average molecular weight is 407 g/mol. The maximum atomic E-state index is 12.2. The summed E-state index contributed by atoms with van der Waals surface area (Å²) in [6.07, 6.45) is 1.69. The van der Waals surface area contributed by atoms with Crippen LogP contribution in [0.5, 0.6) is 0 Å². The highest BCUT2D eigenvalue weighted by Gasteiger charge is 2.13. The van der Waals surface area contributed by atoms with Crippen LogP contribution >= 0.6 is 0 Å². The normalized spacial score (nSPS) is 10.4. The summed E-state index contributed by atoms with van der Waals surface area (Å²) in [4.78, 5) is 36.1. The topological polar surface area (TPSA) is 99.5 Å². The number of aryl methyl sites for hydroxylation is 2. The van der Waals surface area contributed by atoms with Gasteiger partial charge in [-0.15, -0.1) is 0 Å². The van der Waals surface area contributed by atoms with Crippen LogP contribution in [0.3, 0.4) is 0 Å². The Morgan fingerprint density at radius 1 is 0.967 bits per heavy atom. The van der Waals surface area contributed by atoms with E-state index in [9.17, 15) is 14.4 Å². The molecular weight excluding hydrogens is 386 g/mol. The summed E-state index contributed by atoms with van der Waals surface area (Å²) in [6.45, 7) is 3.25. The van der Waals surface area contributed by atoms with E-state index in [4.69, 9.17) is 4.74 Å².